The van der Waals surface area contributed by atoms with Crippen molar-refractivity contribution < 1.29 is 18.0 Å². The lowest BCUT2D eigenvalue weighted by molar-refractivity contribution is 0.0931. The van der Waals surface area contributed by atoms with Crippen LogP contribution in [0, 0.1) is 5.92 Å². The zero-order valence-corrected chi connectivity index (χ0v) is 23.8. The van der Waals surface area contributed by atoms with Crippen LogP contribution in [-0.2, 0) is 23.4 Å². The van der Waals surface area contributed by atoms with E-state index in [4.69, 9.17) is 17.3 Å². The molecule has 208 valence electrons. The van der Waals surface area contributed by atoms with Gasteiger partial charge in [-0.2, -0.15) is 0 Å². The van der Waals surface area contributed by atoms with E-state index in [0.29, 0.717) is 33.7 Å². The number of aryl methyl sites for hydroxylation is 1. The topological polar surface area (TPSA) is 134 Å². The second-order valence-electron chi connectivity index (χ2n) is 10.1. The average molecular weight is 581 g/mol. The van der Waals surface area contributed by atoms with Crippen LogP contribution in [0.3, 0.4) is 0 Å². The second kappa shape index (κ2) is 10.5. The third kappa shape index (κ3) is 4.86. The van der Waals surface area contributed by atoms with Crippen LogP contribution in [0.5, 0.6) is 0 Å². The third-order valence-electron chi connectivity index (χ3n) is 6.81. The number of amides is 2. The van der Waals surface area contributed by atoms with E-state index in [2.05, 4.69) is 10.3 Å². The molecule has 5 rings (SSSR count). The number of nitrogens with zero attached hydrogens (tertiary/aromatic N) is 4. The molecule has 0 spiro atoms. The highest BCUT2D eigenvalue weighted by Gasteiger charge is 2.33. The SMILES string of the molecule is CC(C)CCS(=O)(=O)c1c(C(=O)NCc2nccn2C)n(-n2c(C(N)=O)cc3ccccc32)c2ccc(Cl)cc12. The summed E-state index contributed by atoms with van der Waals surface area (Å²) in [6, 6.07) is 13.6. The number of fused-ring (bicyclic) bond motifs is 2. The number of benzene rings is 2. The maximum Gasteiger partial charge on any atom is 0.271 e. The molecule has 0 bridgehead atoms. The van der Waals surface area contributed by atoms with Gasteiger partial charge in [-0.25, -0.2) is 22.8 Å². The fourth-order valence-electron chi connectivity index (χ4n) is 4.78. The Hall–Kier alpha value is -4.09. The van der Waals surface area contributed by atoms with Crippen molar-refractivity contribution in [3.05, 3.63) is 83.2 Å². The molecule has 0 saturated carbocycles. The molecule has 5 aromatic rings. The van der Waals surface area contributed by atoms with Crippen molar-refractivity contribution in [2.45, 2.75) is 31.7 Å². The number of carbonyl (C=O) groups is 2. The molecule has 3 heterocycles. The van der Waals surface area contributed by atoms with E-state index >= 15 is 0 Å². The molecule has 2 amide bonds. The van der Waals surface area contributed by atoms with E-state index in [1.165, 1.54) is 15.4 Å². The standard InChI is InChI=1S/C28H29ClN6O4S/c1-17(2)10-13-40(38,39)26-20-15-19(29)8-9-22(20)35(25(26)28(37)32-16-24-31-11-12-33(24)3)34-21-7-5-4-6-18(21)14-23(34)27(30)36/h4-9,11-12,14-15,17H,10,13,16H2,1-3H3,(H2,30,36)(H,32,37). The van der Waals surface area contributed by atoms with Gasteiger partial charge in [0.15, 0.2) is 9.84 Å². The first-order chi connectivity index (χ1) is 19.0. The predicted molar refractivity (Wildman–Crippen MR) is 154 cm³/mol. The molecule has 40 heavy (non-hydrogen) atoms. The number of primary amides is 1. The molecule has 0 aliphatic heterocycles. The summed E-state index contributed by atoms with van der Waals surface area (Å²) in [7, 11) is -2.21. The molecular formula is C28H29ClN6O4S. The highest BCUT2D eigenvalue weighted by molar-refractivity contribution is 7.91. The number of carbonyl (C=O) groups excluding carboxylic acids is 2. The molecule has 0 atom stereocenters. The lowest BCUT2D eigenvalue weighted by atomic mass is 10.2. The van der Waals surface area contributed by atoms with Gasteiger partial charge in [0.1, 0.15) is 22.1 Å². The van der Waals surface area contributed by atoms with Gasteiger partial charge < -0.3 is 15.6 Å². The first kappa shape index (κ1) is 27.5. The molecule has 2 aromatic carbocycles. The van der Waals surface area contributed by atoms with Crippen molar-refractivity contribution in [3.8, 4) is 0 Å². The minimum Gasteiger partial charge on any atom is -0.364 e. The van der Waals surface area contributed by atoms with E-state index in [1.54, 1.807) is 54.3 Å². The minimum atomic E-state index is -4.00. The number of sulfone groups is 1. The fourth-order valence-corrected chi connectivity index (χ4v) is 6.91. The van der Waals surface area contributed by atoms with Gasteiger partial charge in [0.2, 0.25) is 0 Å². The number of nitrogens with one attached hydrogen (secondary N) is 1. The van der Waals surface area contributed by atoms with Crippen molar-refractivity contribution in [2.75, 3.05) is 5.75 Å². The van der Waals surface area contributed by atoms with Crippen LogP contribution >= 0.6 is 11.6 Å². The molecule has 0 radical (unpaired) electrons. The van der Waals surface area contributed by atoms with Crippen LogP contribution in [0.1, 0.15) is 47.1 Å². The minimum absolute atomic E-state index is 0.0468. The molecule has 12 heteroatoms. The number of halogens is 1. The first-order valence-electron chi connectivity index (χ1n) is 12.7. The maximum atomic E-state index is 14.0. The van der Waals surface area contributed by atoms with Gasteiger partial charge >= 0.3 is 0 Å². The lowest BCUT2D eigenvalue weighted by Crippen LogP contribution is -2.31. The number of aromatic nitrogens is 4. The fraction of sp³-hybridized carbons (Fsp3) is 0.250. The van der Waals surface area contributed by atoms with Crippen LogP contribution in [-0.4, -0.2) is 44.9 Å². The third-order valence-corrected chi connectivity index (χ3v) is 8.86. The lowest BCUT2D eigenvalue weighted by Gasteiger charge is -2.17. The highest BCUT2D eigenvalue weighted by Crippen LogP contribution is 2.35. The molecule has 0 fully saturated rings. The van der Waals surface area contributed by atoms with E-state index < -0.39 is 21.7 Å². The maximum absolute atomic E-state index is 14.0. The second-order valence-corrected chi connectivity index (χ2v) is 12.5. The summed E-state index contributed by atoms with van der Waals surface area (Å²) in [5.41, 5.74) is 6.66. The van der Waals surface area contributed by atoms with Crippen LogP contribution in [0.4, 0.5) is 0 Å². The van der Waals surface area contributed by atoms with E-state index in [0.717, 1.165) is 0 Å². The van der Waals surface area contributed by atoms with Crippen molar-refractivity contribution in [1.82, 2.24) is 24.2 Å². The number of hydrogen-bond donors (Lipinski definition) is 2. The highest BCUT2D eigenvalue weighted by atomic mass is 35.5. The monoisotopic (exact) mass is 580 g/mol. The Bertz CT molecular complexity index is 1880. The number of imidazole rings is 1. The predicted octanol–water partition coefficient (Wildman–Crippen LogP) is 4.14. The number of hydrogen-bond acceptors (Lipinski definition) is 5. The summed E-state index contributed by atoms with van der Waals surface area (Å²) in [6.07, 6.45) is 3.74. The average Bonchev–Trinajstić information content (AvgIpc) is 3.59. The summed E-state index contributed by atoms with van der Waals surface area (Å²) >= 11 is 6.36. The van der Waals surface area contributed by atoms with Gasteiger partial charge in [0, 0.05) is 35.2 Å². The summed E-state index contributed by atoms with van der Waals surface area (Å²) in [6.45, 7) is 3.91. The van der Waals surface area contributed by atoms with E-state index in [9.17, 15) is 18.0 Å². The van der Waals surface area contributed by atoms with Crippen LogP contribution in [0.2, 0.25) is 5.02 Å². The van der Waals surface area contributed by atoms with Crippen molar-refractivity contribution in [3.63, 3.8) is 0 Å². The van der Waals surface area contributed by atoms with Gasteiger partial charge in [-0.15, -0.1) is 0 Å². The molecule has 0 aliphatic rings. The molecule has 0 unspecified atom stereocenters. The molecular weight excluding hydrogens is 552 g/mol. The van der Waals surface area contributed by atoms with Gasteiger partial charge in [-0.05, 0) is 42.7 Å². The Kier molecular flexibility index (Phi) is 7.19. The largest absolute Gasteiger partial charge is 0.364 e. The summed E-state index contributed by atoms with van der Waals surface area (Å²) in [5, 5.41) is 4.09. The zero-order chi connectivity index (χ0) is 28.8. The van der Waals surface area contributed by atoms with Crippen molar-refractivity contribution in [1.29, 1.82) is 0 Å². The Balaban J connectivity index is 1.86. The van der Waals surface area contributed by atoms with Crippen molar-refractivity contribution in [2.24, 2.45) is 18.7 Å². The Morgan fingerprint density at radius 2 is 1.82 bits per heavy atom. The zero-order valence-electron chi connectivity index (χ0n) is 22.3. The molecule has 10 nitrogen and oxygen atoms in total. The van der Waals surface area contributed by atoms with Crippen LogP contribution < -0.4 is 11.1 Å². The molecule has 0 saturated heterocycles. The normalized spacial score (nSPS) is 12.0. The van der Waals surface area contributed by atoms with Crippen molar-refractivity contribution >= 4 is 55.1 Å². The van der Waals surface area contributed by atoms with Gasteiger partial charge in [0.25, 0.3) is 11.8 Å². The Morgan fingerprint density at radius 3 is 2.50 bits per heavy atom. The Morgan fingerprint density at radius 1 is 1.07 bits per heavy atom. The molecule has 0 aliphatic carbocycles. The van der Waals surface area contributed by atoms with Gasteiger partial charge in [-0.1, -0.05) is 43.6 Å². The quantitative estimate of drug-likeness (QED) is 0.270. The van der Waals surface area contributed by atoms with Crippen LogP contribution in [0.25, 0.3) is 21.8 Å². The Labute approximate surface area is 236 Å². The van der Waals surface area contributed by atoms with E-state index in [1.807, 2.05) is 26.0 Å². The van der Waals surface area contributed by atoms with Crippen LogP contribution in [0.15, 0.2) is 65.8 Å². The van der Waals surface area contributed by atoms with Gasteiger partial charge in [0.05, 0.1) is 23.3 Å². The van der Waals surface area contributed by atoms with Gasteiger partial charge in [-0.3, -0.25) is 9.59 Å². The number of para-hydroxylation sites is 1. The smallest absolute Gasteiger partial charge is 0.271 e. The van der Waals surface area contributed by atoms with E-state index in [-0.39, 0.29) is 39.9 Å². The number of rotatable bonds is 9. The first-order valence-corrected chi connectivity index (χ1v) is 14.7. The molecule has 3 N–H and O–H groups in total. The summed E-state index contributed by atoms with van der Waals surface area (Å²) in [5.74, 6) is -0.887. The molecule has 3 aromatic heterocycles. The number of nitrogens with two attached hydrogens (primary N) is 1. The summed E-state index contributed by atoms with van der Waals surface area (Å²) < 4.78 is 32.7. The summed E-state index contributed by atoms with van der Waals surface area (Å²) in [4.78, 5) is 30.8.